The van der Waals surface area contributed by atoms with Crippen LogP contribution in [0.25, 0.3) is 0 Å². The van der Waals surface area contributed by atoms with Crippen molar-refractivity contribution in [1.29, 1.82) is 0 Å². The van der Waals surface area contributed by atoms with E-state index in [0.29, 0.717) is 12.5 Å². The number of piperidine rings is 1. The number of rotatable bonds is 4. The smallest absolute Gasteiger partial charge is 0.321 e. The summed E-state index contributed by atoms with van der Waals surface area (Å²) in [6.45, 7) is 2.83. The Hall–Kier alpha value is -1.62. The largest absolute Gasteiger partial charge is 0.328 e. The number of carbonyl (C=O) groups is 1. The molecular formula is C15H22FN3O. The summed E-state index contributed by atoms with van der Waals surface area (Å²) in [5.41, 5.74) is 0.228. The third-order valence-corrected chi connectivity index (χ3v) is 3.79. The minimum Gasteiger partial charge on any atom is -0.328 e. The molecule has 0 radical (unpaired) electrons. The van der Waals surface area contributed by atoms with E-state index in [0.717, 1.165) is 19.5 Å². The molecular weight excluding hydrogens is 257 g/mol. The number of nitrogens with zero attached hydrogens (tertiary/aromatic N) is 1. The van der Waals surface area contributed by atoms with Crippen LogP contribution in [-0.2, 0) is 0 Å². The maximum atomic E-state index is 13.4. The molecule has 0 atom stereocenters. The third-order valence-electron chi connectivity index (χ3n) is 3.79. The zero-order valence-electron chi connectivity index (χ0n) is 11.9. The number of para-hydroxylation sites is 1. The van der Waals surface area contributed by atoms with Crippen LogP contribution < -0.4 is 10.6 Å². The van der Waals surface area contributed by atoms with E-state index in [1.165, 1.54) is 18.9 Å². The fraction of sp³-hybridized carbons (Fsp3) is 0.533. The molecule has 2 amide bonds. The first-order chi connectivity index (χ1) is 9.66. The van der Waals surface area contributed by atoms with Crippen LogP contribution in [0.2, 0.25) is 0 Å². The lowest BCUT2D eigenvalue weighted by molar-refractivity contribution is 0.216. The fourth-order valence-corrected chi connectivity index (χ4v) is 2.42. The summed E-state index contributed by atoms with van der Waals surface area (Å²) in [5, 5.41) is 5.93. The Kier molecular flexibility index (Phi) is 5.35. The van der Waals surface area contributed by atoms with Crippen LogP contribution in [-0.4, -0.2) is 37.6 Å². The first-order valence-corrected chi connectivity index (χ1v) is 7.14. The SMILES string of the molecule is CN(CCC1CCNCC1)C(=O)Nc1ccccc1F. The van der Waals surface area contributed by atoms with Crippen LogP contribution >= 0.6 is 0 Å². The number of hydrogen-bond acceptors (Lipinski definition) is 2. The van der Waals surface area contributed by atoms with Gasteiger partial charge < -0.3 is 15.5 Å². The average Bonchev–Trinajstić information content (AvgIpc) is 2.48. The van der Waals surface area contributed by atoms with Crippen LogP contribution in [0.5, 0.6) is 0 Å². The second-order valence-electron chi connectivity index (χ2n) is 5.31. The normalized spacial score (nSPS) is 15.9. The Labute approximate surface area is 119 Å². The van der Waals surface area contributed by atoms with Crippen LogP contribution in [0.1, 0.15) is 19.3 Å². The van der Waals surface area contributed by atoms with Crippen molar-refractivity contribution >= 4 is 11.7 Å². The first-order valence-electron chi connectivity index (χ1n) is 7.14. The Balaban J connectivity index is 1.78. The molecule has 0 bridgehead atoms. The lowest BCUT2D eigenvalue weighted by atomic mass is 9.94. The molecule has 0 spiro atoms. The van der Waals surface area contributed by atoms with E-state index < -0.39 is 5.82 Å². The van der Waals surface area contributed by atoms with Gasteiger partial charge in [0.15, 0.2) is 0 Å². The number of urea groups is 1. The van der Waals surface area contributed by atoms with Crippen molar-refractivity contribution in [1.82, 2.24) is 10.2 Å². The van der Waals surface area contributed by atoms with Gasteiger partial charge >= 0.3 is 6.03 Å². The summed E-state index contributed by atoms with van der Waals surface area (Å²) in [4.78, 5) is 13.6. The minimum absolute atomic E-state index is 0.228. The first kappa shape index (κ1) is 14.8. The highest BCUT2D eigenvalue weighted by atomic mass is 19.1. The van der Waals surface area contributed by atoms with Crippen molar-refractivity contribution in [2.45, 2.75) is 19.3 Å². The quantitative estimate of drug-likeness (QED) is 0.890. The molecule has 0 aromatic heterocycles. The van der Waals surface area contributed by atoms with Crippen molar-refractivity contribution < 1.29 is 9.18 Å². The molecule has 1 aromatic rings. The molecule has 1 aliphatic heterocycles. The van der Waals surface area contributed by atoms with Gasteiger partial charge in [0.25, 0.3) is 0 Å². The standard InChI is InChI=1S/C15H22FN3O/c1-19(11-8-12-6-9-17-10-7-12)15(20)18-14-5-3-2-4-13(14)16/h2-5,12,17H,6-11H2,1H3,(H,18,20). The van der Waals surface area contributed by atoms with E-state index in [4.69, 9.17) is 0 Å². The van der Waals surface area contributed by atoms with Gasteiger partial charge in [-0.2, -0.15) is 0 Å². The molecule has 20 heavy (non-hydrogen) atoms. The zero-order chi connectivity index (χ0) is 14.4. The van der Waals surface area contributed by atoms with E-state index in [9.17, 15) is 9.18 Å². The summed E-state index contributed by atoms with van der Waals surface area (Å²) in [6, 6.07) is 5.95. The number of benzene rings is 1. The highest BCUT2D eigenvalue weighted by Gasteiger charge is 2.16. The van der Waals surface area contributed by atoms with E-state index >= 15 is 0 Å². The number of anilines is 1. The van der Waals surface area contributed by atoms with Crippen LogP contribution in [0.15, 0.2) is 24.3 Å². The number of halogens is 1. The average molecular weight is 279 g/mol. The molecule has 0 aliphatic carbocycles. The van der Waals surface area contributed by atoms with Gasteiger partial charge in [-0.15, -0.1) is 0 Å². The molecule has 4 nitrogen and oxygen atoms in total. The van der Waals surface area contributed by atoms with E-state index in [1.54, 1.807) is 30.1 Å². The molecule has 110 valence electrons. The molecule has 1 fully saturated rings. The van der Waals surface area contributed by atoms with Gasteiger partial charge in [0.05, 0.1) is 5.69 Å². The third kappa shape index (κ3) is 4.20. The van der Waals surface area contributed by atoms with Crippen molar-refractivity contribution in [3.63, 3.8) is 0 Å². The Morgan fingerprint density at radius 1 is 1.40 bits per heavy atom. The van der Waals surface area contributed by atoms with E-state index in [2.05, 4.69) is 10.6 Å². The van der Waals surface area contributed by atoms with Crippen LogP contribution in [0, 0.1) is 11.7 Å². The van der Waals surface area contributed by atoms with Crippen molar-refractivity contribution in [3.05, 3.63) is 30.1 Å². The van der Waals surface area contributed by atoms with Gasteiger partial charge in [0.1, 0.15) is 5.82 Å². The number of hydrogen-bond donors (Lipinski definition) is 2. The number of nitrogens with one attached hydrogen (secondary N) is 2. The monoisotopic (exact) mass is 279 g/mol. The molecule has 1 saturated heterocycles. The predicted molar refractivity (Wildman–Crippen MR) is 78.3 cm³/mol. The van der Waals surface area contributed by atoms with Crippen molar-refractivity contribution in [3.8, 4) is 0 Å². The lowest BCUT2D eigenvalue weighted by Crippen LogP contribution is -2.35. The lowest BCUT2D eigenvalue weighted by Gasteiger charge is -2.25. The van der Waals surface area contributed by atoms with Crippen LogP contribution in [0.4, 0.5) is 14.9 Å². The summed E-state index contributed by atoms with van der Waals surface area (Å²) in [6.07, 6.45) is 3.34. The maximum Gasteiger partial charge on any atom is 0.321 e. The van der Waals surface area contributed by atoms with E-state index in [-0.39, 0.29) is 11.7 Å². The van der Waals surface area contributed by atoms with Gasteiger partial charge in [0.2, 0.25) is 0 Å². The molecule has 0 unspecified atom stereocenters. The molecule has 1 aromatic carbocycles. The highest BCUT2D eigenvalue weighted by molar-refractivity contribution is 5.89. The second-order valence-corrected chi connectivity index (χ2v) is 5.31. The molecule has 5 heteroatoms. The Bertz CT molecular complexity index is 446. The maximum absolute atomic E-state index is 13.4. The van der Waals surface area contributed by atoms with Gasteiger partial charge in [-0.25, -0.2) is 9.18 Å². The fourth-order valence-electron chi connectivity index (χ4n) is 2.42. The summed E-state index contributed by atoms with van der Waals surface area (Å²) in [5.74, 6) is 0.271. The molecule has 2 rings (SSSR count). The van der Waals surface area contributed by atoms with Gasteiger partial charge in [-0.1, -0.05) is 12.1 Å². The molecule has 1 aliphatic rings. The second kappa shape index (κ2) is 7.24. The molecule has 2 N–H and O–H groups in total. The Morgan fingerprint density at radius 3 is 2.80 bits per heavy atom. The highest BCUT2D eigenvalue weighted by Crippen LogP contribution is 2.17. The summed E-state index contributed by atoms with van der Waals surface area (Å²) >= 11 is 0. The minimum atomic E-state index is -0.410. The van der Waals surface area contributed by atoms with Gasteiger partial charge in [-0.05, 0) is 50.4 Å². The predicted octanol–water partition coefficient (Wildman–Crippen LogP) is 2.68. The van der Waals surface area contributed by atoms with Gasteiger partial charge in [0, 0.05) is 13.6 Å². The molecule has 0 saturated carbocycles. The number of amides is 2. The zero-order valence-corrected chi connectivity index (χ0v) is 11.9. The van der Waals surface area contributed by atoms with Crippen molar-refractivity contribution in [2.75, 3.05) is 32.0 Å². The number of carbonyl (C=O) groups excluding carboxylic acids is 1. The van der Waals surface area contributed by atoms with Gasteiger partial charge in [-0.3, -0.25) is 0 Å². The van der Waals surface area contributed by atoms with Crippen LogP contribution in [0.3, 0.4) is 0 Å². The Morgan fingerprint density at radius 2 is 2.10 bits per heavy atom. The van der Waals surface area contributed by atoms with E-state index in [1.807, 2.05) is 0 Å². The summed E-state index contributed by atoms with van der Waals surface area (Å²) in [7, 11) is 1.75. The molecule has 1 heterocycles. The summed E-state index contributed by atoms with van der Waals surface area (Å²) < 4.78 is 13.4. The topological polar surface area (TPSA) is 44.4 Å². The van der Waals surface area contributed by atoms with Crippen molar-refractivity contribution in [2.24, 2.45) is 5.92 Å².